The van der Waals surface area contributed by atoms with Gasteiger partial charge in [-0.25, -0.2) is 0 Å². The zero-order valence-corrected chi connectivity index (χ0v) is 21.0. The Bertz CT molecular complexity index is 1090. The van der Waals surface area contributed by atoms with E-state index in [4.69, 9.17) is 14.0 Å². The van der Waals surface area contributed by atoms with E-state index < -0.39 is 0 Å². The molecule has 0 spiro atoms. The standard InChI is InChI=1S/C25H29BrN4O4/c1-17(16-33-22-8-4-3-7-21(22)32-2)27-25(31)19-6-5-13-30(14-19)15-23-28-24(29-34-23)18-9-11-20(26)12-10-18/h3-4,7-12,17,19H,5-6,13-16H2,1-2H3,(H,27,31). The van der Waals surface area contributed by atoms with Gasteiger partial charge in [-0.15, -0.1) is 0 Å². The van der Waals surface area contributed by atoms with Crippen LogP contribution in [0.15, 0.2) is 57.5 Å². The third-order valence-electron chi connectivity index (χ3n) is 5.75. The molecule has 2 heterocycles. The molecule has 0 radical (unpaired) electrons. The number of nitrogens with zero attached hydrogens (tertiary/aromatic N) is 3. The molecule has 1 amide bonds. The Morgan fingerprint density at radius 3 is 2.76 bits per heavy atom. The lowest BCUT2D eigenvalue weighted by molar-refractivity contribution is -0.127. The number of likely N-dealkylation sites (tertiary alicyclic amines) is 1. The number of nitrogens with one attached hydrogen (secondary N) is 1. The van der Waals surface area contributed by atoms with E-state index in [2.05, 4.69) is 36.3 Å². The maximum Gasteiger partial charge on any atom is 0.241 e. The summed E-state index contributed by atoms with van der Waals surface area (Å²) in [4.78, 5) is 19.6. The normalized spacial score (nSPS) is 17.2. The predicted octanol–water partition coefficient (Wildman–Crippen LogP) is 4.30. The molecule has 0 saturated carbocycles. The molecule has 0 aliphatic carbocycles. The van der Waals surface area contributed by atoms with E-state index in [9.17, 15) is 4.79 Å². The Morgan fingerprint density at radius 2 is 2.00 bits per heavy atom. The van der Waals surface area contributed by atoms with Crippen molar-refractivity contribution < 1.29 is 18.8 Å². The van der Waals surface area contributed by atoms with Crippen molar-refractivity contribution in [3.05, 3.63) is 58.9 Å². The average molecular weight is 529 g/mol. The molecule has 2 aromatic carbocycles. The van der Waals surface area contributed by atoms with Gasteiger partial charge in [0.1, 0.15) is 6.61 Å². The van der Waals surface area contributed by atoms with E-state index in [1.165, 1.54) is 0 Å². The minimum Gasteiger partial charge on any atom is -0.493 e. The summed E-state index contributed by atoms with van der Waals surface area (Å²) in [5.74, 6) is 2.42. The summed E-state index contributed by atoms with van der Waals surface area (Å²) in [5.41, 5.74) is 0.901. The van der Waals surface area contributed by atoms with Gasteiger partial charge in [0.15, 0.2) is 11.5 Å². The first-order valence-corrected chi connectivity index (χ1v) is 12.2. The number of halogens is 1. The fourth-order valence-electron chi connectivity index (χ4n) is 3.99. The van der Waals surface area contributed by atoms with Crippen molar-refractivity contribution in [3.8, 4) is 22.9 Å². The summed E-state index contributed by atoms with van der Waals surface area (Å²) >= 11 is 3.43. The number of para-hydroxylation sites is 2. The van der Waals surface area contributed by atoms with E-state index in [-0.39, 0.29) is 17.9 Å². The number of rotatable bonds is 9. The smallest absolute Gasteiger partial charge is 0.241 e. The second-order valence-electron chi connectivity index (χ2n) is 8.46. The molecule has 1 N–H and O–H groups in total. The number of benzene rings is 2. The number of piperidine rings is 1. The summed E-state index contributed by atoms with van der Waals surface area (Å²) < 4.78 is 17.6. The second-order valence-corrected chi connectivity index (χ2v) is 9.38. The number of carbonyl (C=O) groups is 1. The van der Waals surface area contributed by atoms with Crippen LogP contribution >= 0.6 is 15.9 Å². The predicted molar refractivity (Wildman–Crippen MR) is 132 cm³/mol. The van der Waals surface area contributed by atoms with E-state index in [0.29, 0.717) is 42.9 Å². The highest BCUT2D eigenvalue weighted by atomic mass is 79.9. The lowest BCUT2D eigenvalue weighted by Crippen LogP contribution is -2.46. The maximum absolute atomic E-state index is 12.9. The number of hydrogen-bond acceptors (Lipinski definition) is 7. The van der Waals surface area contributed by atoms with Crippen LogP contribution in [-0.2, 0) is 11.3 Å². The van der Waals surface area contributed by atoms with Gasteiger partial charge < -0.3 is 19.3 Å². The highest BCUT2D eigenvalue weighted by molar-refractivity contribution is 9.10. The summed E-state index contributed by atoms with van der Waals surface area (Å²) in [6.07, 6.45) is 1.80. The molecule has 8 nitrogen and oxygen atoms in total. The topological polar surface area (TPSA) is 89.7 Å². The van der Waals surface area contributed by atoms with Crippen LogP contribution in [0.3, 0.4) is 0 Å². The van der Waals surface area contributed by atoms with Gasteiger partial charge >= 0.3 is 0 Å². The summed E-state index contributed by atoms with van der Waals surface area (Å²) in [7, 11) is 1.61. The minimum absolute atomic E-state index is 0.0434. The number of methoxy groups -OCH3 is 1. The van der Waals surface area contributed by atoms with Gasteiger partial charge in [0.2, 0.25) is 17.6 Å². The SMILES string of the molecule is COc1ccccc1OCC(C)NC(=O)C1CCCN(Cc2nc(-c3ccc(Br)cc3)no2)C1. The van der Waals surface area contributed by atoms with Gasteiger partial charge in [-0.1, -0.05) is 33.2 Å². The highest BCUT2D eigenvalue weighted by Gasteiger charge is 2.27. The van der Waals surface area contributed by atoms with E-state index in [1.54, 1.807) is 7.11 Å². The van der Waals surface area contributed by atoms with Crippen molar-refractivity contribution >= 4 is 21.8 Å². The Morgan fingerprint density at radius 1 is 1.24 bits per heavy atom. The molecule has 1 fully saturated rings. The molecule has 2 unspecified atom stereocenters. The zero-order valence-electron chi connectivity index (χ0n) is 19.4. The summed E-state index contributed by atoms with van der Waals surface area (Å²) in [6.45, 7) is 4.38. The van der Waals surface area contributed by atoms with E-state index in [0.717, 1.165) is 29.4 Å². The highest BCUT2D eigenvalue weighted by Crippen LogP contribution is 2.26. The van der Waals surface area contributed by atoms with Crippen LogP contribution in [0.2, 0.25) is 0 Å². The zero-order chi connectivity index (χ0) is 23.9. The number of carbonyl (C=O) groups excluding carboxylic acids is 1. The van der Waals surface area contributed by atoms with Crippen molar-refractivity contribution in [3.63, 3.8) is 0 Å². The van der Waals surface area contributed by atoms with Crippen LogP contribution < -0.4 is 14.8 Å². The fraction of sp³-hybridized carbons (Fsp3) is 0.400. The summed E-state index contributed by atoms with van der Waals surface area (Å²) in [6, 6.07) is 15.1. The van der Waals surface area contributed by atoms with Gasteiger partial charge in [0.05, 0.1) is 25.6 Å². The lowest BCUT2D eigenvalue weighted by Gasteiger charge is -2.31. The van der Waals surface area contributed by atoms with Crippen molar-refractivity contribution in [2.45, 2.75) is 32.4 Å². The molecular formula is C25H29BrN4O4. The van der Waals surface area contributed by atoms with Crippen LogP contribution in [0.5, 0.6) is 11.5 Å². The third-order valence-corrected chi connectivity index (χ3v) is 6.28. The van der Waals surface area contributed by atoms with Gasteiger partial charge in [0, 0.05) is 16.6 Å². The first-order valence-electron chi connectivity index (χ1n) is 11.4. The average Bonchev–Trinajstić information content (AvgIpc) is 3.32. The van der Waals surface area contributed by atoms with Crippen molar-refractivity contribution in [1.29, 1.82) is 0 Å². The first-order chi connectivity index (χ1) is 16.5. The Labute approximate surface area is 207 Å². The Kier molecular flexibility index (Phi) is 8.18. The fourth-order valence-corrected chi connectivity index (χ4v) is 4.26. The lowest BCUT2D eigenvalue weighted by atomic mass is 9.97. The van der Waals surface area contributed by atoms with Crippen LogP contribution in [0.4, 0.5) is 0 Å². The van der Waals surface area contributed by atoms with Gasteiger partial charge in [-0.3, -0.25) is 9.69 Å². The molecule has 3 aromatic rings. The van der Waals surface area contributed by atoms with Crippen LogP contribution in [0, 0.1) is 5.92 Å². The number of ether oxygens (including phenoxy) is 2. The summed E-state index contributed by atoms with van der Waals surface area (Å²) in [5, 5.41) is 7.19. The molecule has 0 bridgehead atoms. The van der Waals surface area contributed by atoms with Crippen molar-refractivity contribution in [2.75, 3.05) is 26.8 Å². The van der Waals surface area contributed by atoms with Crippen LogP contribution in [0.1, 0.15) is 25.7 Å². The molecule has 2 atom stereocenters. The van der Waals surface area contributed by atoms with Crippen LogP contribution in [0.25, 0.3) is 11.4 Å². The van der Waals surface area contributed by atoms with Crippen molar-refractivity contribution in [1.82, 2.24) is 20.4 Å². The molecule has 9 heteroatoms. The maximum atomic E-state index is 12.9. The van der Waals surface area contributed by atoms with Gasteiger partial charge in [-0.05, 0) is 62.7 Å². The Balaban J connectivity index is 1.27. The molecule has 1 aliphatic rings. The second kappa shape index (κ2) is 11.5. The largest absolute Gasteiger partial charge is 0.493 e. The number of amides is 1. The molecule has 4 rings (SSSR count). The quantitative estimate of drug-likeness (QED) is 0.442. The molecular weight excluding hydrogens is 500 g/mol. The number of aromatic nitrogens is 2. The molecule has 1 saturated heterocycles. The Hall–Kier alpha value is -2.91. The van der Waals surface area contributed by atoms with Crippen molar-refractivity contribution in [2.24, 2.45) is 5.92 Å². The monoisotopic (exact) mass is 528 g/mol. The molecule has 180 valence electrons. The molecule has 1 aromatic heterocycles. The number of hydrogen-bond donors (Lipinski definition) is 1. The van der Waals surface area contributed by atoms with Gasteiger partial charge in [0.25, 0.3) is 0 Å². The first kappa shape index (κ1) is 24.2. The molecule has 1 aliphatic heterocycles. The van der Waals surface area contributed by atoms with E-state index >= 15 is 0 Å². The van der Waals surface area contributed by atoms with Gasteiger partial charge in [-0.2, -0.15) is 4.98 Å². The molecule has 34 heavy (non-hydrogen) atoms. The van der Waals surface area contributed by atoms with E-state index in [1.807, 2.05) is 55.5 Å². The third kappa shape index (κ3) is 6.36. The minimum atomic E-state index is -0.128. The van der Waals surface area contributed by atoms with Crippen LogP contribution in [-0.4, -0.2) is 53.8 Å².